The van der Waals surface area contributed by atoms with Crippen molar-refractivity contribution < 1.29 is 28.2 Å². The van der Waals surface area contributed by atoms with Crippen LogP contribution in [0.2, 0.25) is 0 Å². The van der Waals surface area contributed by atoms with Gasteiger partial charge in [-0.15, -0.1) is 0 Å². The van der Waals surface area contributed by atoms with Gasteiger partial charge in [0, 0.05) is 0 Å². The lowest BCUT2D eigenvalue weighted by atomic mass is 10.0. The minimum Gasteiger partial charge on any atom is -0.461 e. The van der Waals surface area contributed by atoms with Crippen LogP contribution in [-0.4, -0.2) is 48.8 Å². The third-order valence-corrected chi connectivity index (χ3v) is 5.80. The van der Waals surface area contributed by atoms with Gasteiger partial charge in [-0.05, 0) is 17.5 Å². The molecule has 0 aliphatic heterocycles. The van der Waals surface area contributed by atoms with Crippen LogP contribution in [0.25, 0.3) is 0 Å². The highest BCUT2D eigenvalue weighted by Gasteiger charge is 2.28. The third kappa shape index (κ3) is 7.50. The molecule has 0 bridgehead atoms. The Kier molecular flexibility index (Phi) is 7.97. The van der Waals surface area contributed by atoms with Crippen LogP contribution >= 0.6 is 0 Å². The second kappa shape index (κ2) is 10.2. The first-order valence-electron chi connectivity index (χ1n) is 8.63. The number of rotatable bonds is 10. The number of carbonyl (C=O) groups excluding carboxylic acids is 1. The first-order chi connectivity index (χ1) is 12.9. The van der Waals surface area contributed by atoms with E-state index in [1.54, 1.807) is 0 Å². The molecular weight excluding hydrogens is 368 g/mol. The minimum absolute atomic E-state index is 0.0598. The monoisotopic (exact) mass is 392 g/mol. The van der Waals surface area contributed by atoms with Crippen LogP contribution in [0, 0.1) is 5.92 Å². The smallest absolute Gasteiger partial charge is 0.310 e. The maximum atomic E-state index is 12.6. The van der Waals surface area contributed by atoms with Crippen LogP contribution in [0.3, 0.4) is 0 Å². The van der Waals surface area contributed by atoms with Crippen molar-refractivity contribution in [2.24, 2.45) is 5.92 Å². The largest absolute Gasteiger partial charge is 0.461 e. The van der Waals surface area contributed by atoms with Crippen LogP contribution in [-0.2, 0) is 32.4 Å². The van der Waals surface area contributed by atoms with Crippen molar-refractivity contribution in [3.05, 3.63) is 71.8 Å². The average molecular weight is 392 g/mol. The highest BCUT2D eigenvalue weighted by atomic mass is 32.2. The maximum Gasteiger partial charge on any atom is 0.310 e. The highest BCUT2D eigenvalue weighted by molar-refractivity contribution is 7.91. The fraction of sp³-hybridized carbons (Fsp3) is 0.350. The Bertz CT molecular complexity index is 805. The first-order valence-corrected chi connectivity index (χ1v) is 10.5. The fourth-order valence-electron chi connectivity index (χ4n) is 2.68. The van der Waals surface area contributed by atoms with Crippen LogP contribution in [0.4, 0.5) is 0 Å². The Morgan fingerprint density at radius 3 is 2.04 bits per heavy atom. The van der Waals surface area contributed by atoms with Crippen molar-refractivity contribution in [3.63, 3.8) is 0 Å². The van der Waals surface area contributed by atoms with Gasteiger partial charge in [-0.1, -0.05) is 60.7 Å². The van der Waals surface area contributed by atoms with Crippen LogP contribution in [0.5, 0.6) is 0 Å². The van der Waals surface area contributed by atoms with Crippen molar-refractivity contribution in [3.8, 4) is 0 Å². The summed E-state index contributed by atoms with van der Waals surface area (Å²) in [5.74, 6) is -2.55. The predicted molar refractivity (Wildman–Crippen MR) is 102 cm³/mol. The summed E-state index contributed by atoms with van der Waals surface area (Å²) < 4.78 is 29.9. The molecule has 0 spiro atoms. The molecule has 27 heavy (non-hydrogen) atoms. The van der Waals surface area contributed by atoms with E-state index >= 15 is 0 Å². The lowest BCUT2D eigenvalue weighted by Gasteiger charge is -2.17. The van der Waals surface area contributed by atoms with Gasteiger partial charge < -0.3 is 14.9 Å². The molecule has 0 radical (unpaired) electrons. The Morgan fingerprint density at radius 2 is 1.48 bits per heavy atom. The molecule has 146 valence electrons. The average Bonchev–Trinajstić information content (AvgIpc) is 2.66. The second-order valence-corrected chi connectivity index (χ2v) is 8.55. The van der Waals surface area contributed by atoms with Gasteiger partial charge in [0.15, 0.2) is 9.84 Å². The molecule has 2 N–H and O–H groups in total. The van der Waals surface area contributed by atoms with E-state index in [1.807, 2.05) is 60.7 Å². The highest BCUT2D eigenvalue weighted by Crippen LogP contribution is 2.15. The number of sulfone groups is 1. The topological polar surface area (TPSA) is 101 Å². The molecule has 6 nitrogen and oxygen atoms in total. The molecule has 0 heterocycles. The lowest BCUT2D eigenvalue weighted by Crippen LogP contribution is -2.33. The van der Waals surface area contributed by atoms with Crippen LogP contribution < -0.4 is 0 Å². The van der Waals surface area contributed by atoms with E-state index in [9.17, 15) is 18.3 Å². The van der Waals surface area contributed by atoms with Crippen molar-refractivity contribution in [2.45, 2.75) is 19.1 Å². The first kappa shape index (κ1) is 21.1. The van der Waals surface area contributed by atoms with Gasteiger partial charge in [0.05, 0.1) is 30.1 Å². The molecule has 2 atom stereocenters. The summed E-state index contributed by atoms with van der Waals surface area (Å²) in [6, 6.07) is 18.2. The van der Waals surface area contributed by atoms with Crippen molar-refractivity contribution in [1.82, 2.24) is 0 Å². The van der Waals surface area contributed by atoms with E-state index in [2.05, 4.69) is 0 Å². The predicted octanol–water partition coefficient (Wildman–Crippen LogP) is 1.36. The Morgan fingerprint density at radius 1 is 0.926 bits per heavy atom. The van der Waals surface area contributed by atoms with E-state index < -0.39 is 45.9 Å². The summed E-state index contributed by atoms with van der Waals surface area (Å²) >= 11 is 0. The molecule has 2 unspecified atom stereocenters. The summed E-state index contributed by atoms with van der Waals surface area (Å²) in [5.41, 5.74) is 1.62. The van der Waals surface area contributed by atoms with E-state index in [4.69, 9.17) is 9.84 Å². The van der Waals surface area contributed by atoms with Crippen LogP contribution in [0.15, 0.2) is 60.7 Å². The standard InChI is InChI=1S/C20H24O6S/c21-12-19(22)15-27(24,25)14-18(11-16-7-3-1-4-8-16)20(23)26-13-17-9-5-2-6-10-17/h1-10,18-19,21-22H,11-15H2. The number of hydrogen-bond donors (Lipinski definition) is 2. The number of esters is 1. The Balaban J connectivity index is 2.09. The molecule has 2 rings (SSSR count). The lowest BCUT2D eigenvalue weighted by molar-refractivity contribution is -0.149. The van der Waals surface area contributed by atoms with Gasteiger partial charge in [-0.25, -0.2) is 8.42 Å². The van der Waals surface area contributed by atoms with E-state index in [0.717, 1.165) is 11.1 Å². The molecule has 0 aromatic heterocycles. The van der Waals surface area contributed by atoms with Crippen LogP contribution in [0.1, 0.15) is 11.1 Å². The molecule has 0 amide bonds. The van der Waals surface area contributed by atoms with Crippen molar-refractivity contribution in [1.29, 1.82) is 0 Å². The molecular formula is C20H24O6S. The van der Waals surface area contributed by atoms with Gasteiger partial charge in [0.2, 0.25) is 0 Å². The van der Waals surface area contributed by atoms with Gasteiger partial charge in [-0.2, -0.15) is 0 Å². The van der Waals surface area contributed by atoms with E-state index in [0.29, 0.717) is 0 Å². The molecule has 7 heteroatoms. The summed E-state index contributed by atoms with van der Waals surface area (Å²) in [6.45, 7) is -0.592. The number of hydrogen-bond acceptors (Lipinski definition) is 6. The second-order valence-electron chi connectivity index (χ2n) is 6.39. The number of aliphatic hydroxyl groups excluding tert-OH is 2. The van der Waals surface area contributed by atoms with Crippen molar-refractivity contribution in [2.75, 3.05) is 18.1 Å². The molecule has 0 saturated heterocycles. The third-order valence-electron chi connectivity index (χ3n) is 3.99. The fourth-order valence-corrected chi connectivity index (χ4v) is 4.37. The number of carbonyl (C=O) groups is 1. The SMILES string of the molecule is O=C(OCc1ccccc1)C(Cc1ccccc1)CS(=O)(=O)CC(O)CO. The van der Waals surface area contributed by atoms with Gasteiger partial charge in [-0.3, -0.25) is 4.79 Å². The molecule has 0 aliphatic rings. The number of aliphatic hydroxyl groups is 2. The normalized spacial score (nSPS) is 13.7. The number of ether oxygens (including phenoxy) is 1. The molecule has 0 fully saturated rings. The zero-order chi connectivity index (χ0) is 19.7. The van der Waals surface area contributed by atoms with E-state index in [-0.39, 0.29) is 13.0 Å². The summed E-state index contributed by atoms with van der Waals surface area (Å²) in [4.78, 5) is 12.6. The molecule has 2 aromatic carbocycles. The zero-order valence-corrected chi connectivity index (χ0v) is 15.7. The van der Waals surface area contributed by atoms with Gasteiger partial charge in [0.1, 0.15) is 6.61 Å². The number of benzene rings is 2. The molecule has 0 aliphatic carbocycles. The van der Waals surface area contributed by atoms with Gasteiger partial charge >= 0.3 is 5.97 Å². The molecule has 0 saturated carbocycles. The zero-order valence-electron chi connectivity index (χ0n) is 14.9. The summed E-state index contributed by atoms with van der Waals surface area (Å²) in [6.07, 6.45) is -1.16. The Labute approximate surface area is 159 Å². The minimum atomic E-state index is -3.75. The van der Waals surface area contributed by atoms with E-state index in [1.165, 1.54) is 0 Å². The summed E-state index contributed by atoms with van der Waals surface area (Å²) in [7, 11) is -3.75. The maximum absolute atomic E-state index is 12.6. The Hall–Kier alpha value is -2.22. The van der Waals surface area contributed by atoms with Crippen molar-refractivity contribution >= 4 is 15.8 Å². The summed E-state index contributed by atoms with van der Waals surface area (Å²) in [5, 5.41) is 18.3. The van der Waals surface area contributed by atoms with Gasteiger partial charge in [0.25, 0.3) is 0 Å². The molecule has 2 aromatic rings. The quantitative estimate of drug-likeness (QED) is 0.592.